The maximum atomic E-state index is 6.21. The van der Waals surface area contributed by atoms with Crippen LogP contribution in [0.5, 0.6) is 0 Å². The summed E-state index contributed by atoms with van der Waals surface area (Å²) in [7, 11) is 0. The van der Waals surface area contributed by atoms with E-state index in [9.17, 15) is 0 Å². The predicted molar refractivity (Wildman–Crippen MR) is 65.4 cm³/mol. The maximum Gasteiger partial charge on any atom is 0.140 e. The molecular weight excluding hydrogens is 162 g/mol. The second-order valence-corrected chi connectivity index (χ2v) is 2.56. The minimum Gasteiger partial charge on any atom is -0.446 e. The van der Waals surface area contributed by atoms with Crippen molar-refractivity contribution < 1.29 is 5.11 Å². The summed E-state index contributed by atoms with van der Waals surface area (Å²) >= 11 is 0. The molecule has 0 heterocycles. The summed E-state index contributed by atoms with van der Waals surface area (Å²) in [4.78, 5) is 0. The number of rotatable bonds is 1. The molecular formula is C11H32NO+. The molecule has 0 aliphatic heterocycles. The molecule has 0 aromatic rings. The van der Waals surface area contributed by atoms with Gasteiger partial charge in [-0.1, -0.05) is 47.5 Å². The molecule has 0 atom stereocenters. The Labute approximate surface area is 85.5 Å². The molecule has 2 heteroatoms. The van der Waals surface area contributed by atoms with Crippen LogP contribution in [-0.4, -0.2) is 18.3 Å². The van der Waals surface area contributed by atoms with Gasteiger partial charge in [0.15, 0.2) is 0 Å². The van der Waals surface area contributed by atoms with Gasteiger partial charge in [-0.25, -0.2) is 0 Å². The third-order valence-electron chi connectivity index (χ3n) is 0.289. The first-order valence-electron chi connectivity index (χ1n) is 5.50. The zero-order valence-electron chi connectivity index (χ0n) is 10.6. The third-order valence-corrected chi connectivity index (χ3v) is 0.289. The average Bonchev–Trinajstić information content (AvgIpc) is 2.08. The summed E-state index contributed by atoms with van der Waals surface area (Å²) in [6.07, 6.45) is 3.60. The first-order valence-corrected chi connectivity index (χ1v) is 5.50. The fourth-order valence-electron chi connectivity index (χ4n) is 0. The van der Waals surface area contributed by atoms with Crippen molar-refractivity contribution in [2.24, 2.45) is 5.73 Å². The van der Waals surface area contributed by atoms with Crippen molar-refractivity contribution in [2.75, 3.05) is 13.2 Å². The summed E-state index contributed by atoms with van der Waals surface area (Å²) in [5.41, 5.74) is 5.03. The second-order valence-electron chi connectivity index (χ2n) is 2.56. The van der Waals surface area contributed by atoms with Gasteiger partial charge in [0, 0.05) is 6.92 Å². The minimum atomic E-state index is 0.500. The topological polar surface area (TPSA) is 48.9 Å². The quantitative estimate of drug-likeness (QED) is 0.641. The lowest BCUT2D eigenvalue weighted by Crippen LogP contribution is -1.93. The van der Waals surface area contributed by atoms with Crippen LogP contribution in [0.4, 0.5) is 0 Å². The highest BCUT2D eigenvalue weighted by Crippen LogP contribution is 1.57. The van der Waals surface area contributed by atoms with Crippen LogP contribution in [0.2, 0.25) is 0 Å². The van der Waals surface area contributed by atoms with Crippen molar-refractivity contribution in [3.05, 3.63) is 0 Å². The summed E-state index contributed by atoms with van der Waals surface area (Å²) in [6.45, 7) is 13.7. The lowest BCUT2D eigenvalue weighted by Gasteiger charge is -1.70. The van der Waals surface area contributed by atoms with E-state index in [2.05, 4.69) is 34.6 Å². The van der Waals surface area contributed by atoms with Gasteiger partial charge in [0.05, 0.1) is 0 Å². The Morgan fingerprint density at radius 3 is 0.923 bits per heavy atom. The first kappa shape index (κ1) is 23.1. The summed E-state index contributed by atoms with van der Waals surface area (Å²) in [5.74, 6) is 0. The maximum absolute atomic E-state index is 6.21. The van der Waals surface area contributed by atoms with Gasteiger partial charge in [0.1, 0.15) is 6.61 Å². The van der Waals surface area contributed by atoms with Gasteiger partial charge in [-0.2, -0.15) is 0 Å². The molecule has 0 aliphatic rings. The van der Waals surface area contributed by atoms with Crippen LogP contribution in [-0.2, 0) is 0 Å². The van der Waals surface area contributed by atoms with Gasteiger partial charge >= 0.3 is 0 Å². The molecule has 0 saturated heterocycles. The highest BCUT2D eigenvalue weighted by Gasteiger charge is 1.55. The Balaban J connectivity index is -0.0000000420. The van der Waals surface area contributed by atoms with Gasteiger partial charge in [-0.05, 0) is 13.0 Å². The molecule has 0 radical (unpaired) electrons. The van der Waals surface area contributed by atoms with Crippen molar-refractivity contribution in [3.63, 3.8) is 0 Å². The molecule has 0 amide bonds. The van der Waals surface area contributed by atoms with Gasteiger partial charge < -0.3 is 10.8 Å². The van der Waals surface area contributed by atoms with Crippen LogP contribution in [0.25, 0.3) is 0 Å². The molecule has 0 aromatic heterocycles. The zero-order valence-corrected chi connectivity index (χ0v) is 10.6. The molecule has 0 fully saturated rings. The molecule has 13 heavy (non-hydrogen) atoms. The molecule has 0 saturated carbocycles. The second kappa shape index (κ2) is 58.7. The fraction of sp³-hybridized carbons (Fsp3) is 1.00. The largest absolute Gasteiger partial charge is 0.446 e. The number of hydrogen-bond acceptors (Lipinski definition) is 1. The van der Waals surface area contributed by atoms with Crippen LogP contribution in [0.15, 0.2) is 0 Å². The van der Waals surface area contributed by atoms with Crippen LogP contribution < -0.4 is 5.73 Å². The molecule has 0 bridgehead atoms. The van der Waals surface area contributed by atoms with E-state index in [1.807, 2.05) is 0 Å². The standard InChI is InChI=1S/C3H9N.2C3H8.C2H6O/c1-2-3-4;2*1-3-2;1-2-3/h2-4H2,1H3;2*3H2,1-2H3;3H,2H2,1H3/p+1. The van der Waals surface area contributed by atoms with E-state index in [0.29, 0.717) is 6.61 Å². The van der Waals surface area contributed by atoms with E-state index >= 15 is 0 Å². The highest BCUT2D eigenvalue weighted by molar-refractivity contribution is 4.19. The molecule has 4 N–H and O–H groups in total. The first-order chi connectivity index (χ1) is 6.16. The Morgan fingerprint density at radius 1 is 0.846 bits per heavy atom. The summed E-state index contributed by atoms with van der Waals surface area (Å²) in [6, 6.07) is 0. The van der Waals surface area contributed by atoms with Gasteiger partial charge in [-0.3, -0.25) is 0 Å². The predicted octanol–water partition coefficient (Wildman–Crippen LogP) is 2.92. The monoisotopic (exact) mass is 194 g/mol. The van der Waals surface area contributed by atoms with Crippen LogP contribution in [0.3, 0.4) is 0 Å². The van der Waals surface area contributed by atoms with Crippen molar-refractivity contribution in [1.82, 2.24) is 0 Å². The molecule has 86 valence electrons. The van der Waals surface area contributed by atoms with E-state index in [0.717, 1.165) is 13.0 Å². The van der Waals surface area contributed by atoms with E-state index in [1.54, 1.807) is 6.92 Å². The molecule has 0 aromatic carbocycles. The Kier molecular flexibility index (Phi) is 104. The summed E-state index contributed by atoms with van der Waals surface area (Å²) < 4.78 is 0. The lowest BCUT2D eigenvalue weighted by atomic mass is 10.5. The van der Waals surface area contributed by atoms with Gasteiger partial charge in [-0.15, -0.1) is 0 Å². The smallest absolute Gasteiger partial charge is 0.140 e. The Hall–Kier alpha value is -0.0800. The Morgan fingerprint density at radius 2 is 0.923 bits per heavy atom. The number of nitrogens with two attached hydrogens (primary N) is 1. The van der Waals surface area contributed by atoms with Crippen molar-refractivity contribution in [3.8, 4) is 0 Å². The van der Waals surface area contributed by atoms with Crippen LogP contribution in [0.1, 0.15) is 60.8 Å². The van der Waals surface area contributed by atoms with E-state index < -0.39 is 0 Å². The van der Waals surface area contributed by atoms with E-state index in [4.69, 9.17) is 10.8 Å². The van der Waals surface area contributed by atoms with Crippen molar-refractivity contribution in [1.29, 1.82) is 0 Å². The molecule has 0 unspecified atom stereocenters. The summed E-state index contributed by atoms with van der Waals surface area (Å²) in [5, 5.41) is 6.21. The van der Waals surface area contributed by atoms with E-state index in [-0.39, 0.29) is 0 Å². The normalized spacial score (nSPS) is 6.46. The number of hydrogen-bond donors (Lipinski definition) is 1. The SMILES string of the molecule is CCC.CCC.CCCN.CC[OH2+]. The van der Waals surface area contributed by atoms with Crippen molar-refractivity contribution >= 4 is 0 Å². The molecule has 0 spiro atoms. The van der Waals surface area contributed by atoms with E-state index in [1.165, 1.54) is 12.8 Å². The van der Waals surface area contributed by atoms with Gasteiger partial charge in [0.2, 0.25) is 0 Å². The third kappa shape index (κ3) is 1390. The molecule has 0 aliphatic carbocycles. The molecule has 0 rings (SSSR count). The van der Waals surface area contributed by atoms with Crippen LogP contribution in [0, 0.1) is 0 Å². The minimum absolute atomic E-state index is 0.500. The van der Waals surface area contributed by atoms with Crippen LogP contribution >= 0.6 is 0 Å². The Bertz CT molecular complexity index is 26.5. The highest BCUT2D eigenvalue weighted by atomic mass is 16.2. The van der Waals surface area contributed by atoms with Crippen molar-refractivity contribution in [2.45, 2.75) is 60.8 Å². The van der Waals surface area contributed by atoms with Gasteiger partial charge in [0.25, 0.3) is 0 Å². The average molecular weight is 194 g/mol. The molecule has 2 nitrogen and oxygen atoms in total. The fourth-order valence-corrected chi connectivity index (χ4v) is 0. The lowest BCUT2D eigenvalue weighted by molar-refractivity contribution is 0.318. The zero-order chi connectivity index (χ0) is 11.5.